The van der Waals surface area contributed by atoms with Crippen molar-refractivity contribution in [2.45, 2.75) is 20.4 Å². The summed E-state index contributed by atoms with van der Waals surface area (Å²) in [6.45, 7) is 5.94. The van der Waals surface area contributed by atoms with Crippen molar-refractivity contribution in [2.24, 2.45) is 5.92 Å². The van der Waals surface area contributed by atoms with Gasteiger partial charge in [-0.05, 0) is 18.5 Å². The van der Waals surface area contributed by atoms with Crippen LogP contribution in [0.3, 0.4) is 0 Å². The molecule has 0 spiro atoms. The van der Waals surface area contributed by atoms with Crippen LogP contribution in [0.25, 0.3) is 0 Å². The van der Waals surface area contributed by atoms with Gasteiger partial charge in [-0.1, -0.05) is 44.2 Å². The second kappa shape index (κ2) is 8.63. The Kier molecular flexibility index (Phi) is 7.10. The summed E-state index contributed by atoms with van der Waals surface area (Å²) in [5.74, 6) is 0.455. The average molecular weight is 264 g/mol. The molecule has 5 nitrogen and oxygen atoms in total. The van der Waals surface area contributed by atoms with Crippen LogP contribution in [0.4, 0.5) is 0 Å². The molecule has 1 aromatic rings. The maximum absolute atomic E-state index is 11.7. The first-order chi connectivity index (χ1) is 9.11. The SMILES string of the molecule is CNN(CC(=O)NNCC(C)C)Cc1ccccc1. The standard InChI is InChI=1S/C14H24N4O/c1-12(2)9-16-17-14(19)11-18(15-3)10-13-7-5-4-6-8-13/h4-8,12,15-16H,9-11H2,1-3H3,(H,17,19). The fourth-order valence-corrected chi connectivity index (χ4v) is 1.58. The minimum absolute atomic E-state index is 0.0501. The van der Waals surface area contributed by atoms with E-state index in [0.29, 0.717) is 19.0 Å². The lowest BCUT2D eigenvalue weighted by molar-refractivity contribution is -0.124. The molecule has 0 radical (unpaired) electrons. The van der Waals surface area contributed by atoms with Crippen molar-refractivity contribution >= 4 is 5.91 Å². The van der Waals surface area contributed by atoms with E-state index in [1.807, 2.05) is 42.4 Å². The zero-order valence-corrected chi connectivity index (χ0v) is 11.9. The number of hydrogen-bond acceptors (Lipinski definition) is 4. The fraction of sp³-hybridized carbons (Fsp3) is 0.500. The number of hydrazine groups is 2. The minimum Gasteiger partial charge on any atom is -0.290 e. The molecular weight excluding hydrogens is 240 g/mol. The molecular formula is C14H24N4O. The van der Waals surface area contributed by atoms with E-state index < -0.39 is 0 Å². The van der Waals surface area contributed by atoms with E-state index in [-0.39, 0.29) is 5.91 Å². The molecule has 0 fully saturated rings. The van der Waals surface area contributed by atoms with Crippen molar-refractivity contribution in [3.8, 4) is 0 Å². The van der Waals surface area contributed by atoms with Crippen molar-refractivity contribution < 1.29 is 4.79 Å². The molecule has 0 aliphatic heterocycles. The Balaban J connectivity index is 2.33. The molecule has 19 heavy (non-hydrogen) atoms. The van der Waals surface area contributed by atoms with Crippen LogP contribution in [0.1, 0.15) is 19.4 Å². The number of hydrogen-bond donors (Lipinski definition) is 3. The van der Waals surface area contributed by atoms with Gasteiger partial charge >= 0.3 is 0 Å². The Hall–Kier alpha value is -1.43. The van der Waals surface area contributed by atoms with E-state index in [1.54, 1.807) is 0 Å². The summed E-state index contributed by atoms with van der Waals surface area (Å²) < 4.78 is 0. The van der Waals surface area contributed by atoms with Gasteiger partial charge in [-0.2, -0.15) is 0 Å². The summed E-state index contributed by atoms with van der Waals surface area (Å²) in [6, 6.07) is 10.1. The predicted molar refractivity (Wildman–Crippen MR) is 76.9 cm³/mol. The Labute approximate surface area is 115 Å². The van der Waals surface area contributed by atoms with Crippen LogP contribution in [-0.4, -0.2) is 31.1 Å². The first-order valence-corrected chi connectivity index (χ1v) is 6.59. The van der Waals surface area contributed by atoms with Gasteiger partial charge in [0.1, 0.15) is 0 Å². The number of nitrogens with one attached hydrogen (secondary N) is 3. The number of nitrogens with zero attached hydrogens (tertiary/aromatic N) is 1. The zero-order chi connectivity index (χ0) is 14.1. The van der Waals surface area contributed by atoms with Crippen molar-refractivity contribution in [3.05, 3.63) is 35.9 Å². The first kappa shape index (κ1) is 15.6. The molecule has 0 heterocycles. The number of rotatable bonds is 8. The van der Waals surface area contributed by atoms with Gasteiger partial charge in [0.15, 0.2) is 0 Å². The van der Waals surface area contributed by atoms with Crippen LogP contribution >= 0.6 is 0 Å². The van der Waals surface area contributed by atoms with E-state index in [0.717, 1.165) is 6.54 Å². The van der Waals surface area contributed by atoms with Gasteiger partial charge in [0.05, 0.1) is 6.54 Å². The lowest BCUT2D eigenvalue weighted by Gasteiger charge is -2.20. The van der Waals surface area contributed by atoms with Crippen LogP contribution in [0.15, 0.2) is 30.3 Å². The molecule has 1 aromatic carbocycles. The Morgan fingerprint density at radius 1 is 1.26 bits per heavy atom. The van der Waals surface area contributed by atoms with Gasteiger partial charge in [-0.15, -0.1) is 0 Å². The van der Waals surface area contributed by atoms with Crippen LogP contribution in [0, 0.1) is 5.92 Å². The van der Waals surface area contributed by atoms with Gasteiger partial charge in [-0.3, -0.25) is 15.6 Å². The summed E-state index contributed by atoms with van der Waals surface area (Å²) in [5.41, 5.74) is 9.81. The zero-order valence-electron chi connectivity index (χ0n) is 11.9. The largest absolute Gasteiger partial charge is 0.290 e. The Morgan fingerprint density at radius 2 is 1.95 bits per heavy atom. The highest BCUT2D eigenvalue weighted by Crippen LogP contribution is 2.01. The quantitative estimate of drug-likeness (QED) is 0.611. The van der Waals surface area contributed by atoms with Crippen LogP contribution < -0.4 is 16.3 Å². The maximum Gasteiger partial charge on any atom is 0.249 e. The molecule has 0 aliphatic carbocycles. The van der Waals surface area contributed by atoms with Gasteiger partial charge in [0.2, 0.25) is 5.91 Å². The third-order valence-electron chi connectivity index (χ3n) is 2.61. The molecule has 0 unspecified atom stereocenters. The monoisotopic (exact) mass is 264 g/mol. The number of amides is 1. The summed E-state index contributed by atoms with van der Waals surface area (Å²) in [5, 5.41) is 1.86. The topological polar surface area (TPSA) is 56.4 Å². The van der Waals surface area contributed by atoms with Crippen molar-refractivity contribution in [1.29, 1.82) is 0 Å². The van der Waals surface area contributed by atoms with Crippen LogP contribution in [0.5, 0.6) is 0 Å². The smallest absolute Gasteiger partial charge is 0.249 e. The Morgan fingerprint density at radius 3 is 2.53 bits per heavy atom. The molecule has 0 aliphatic rings. The lowest BCUT2D eigenvalue weighted by atomic mass is 10.2. The molecule has 0 atom stereocenters. The highest BCUT2D eigenvalue weighted by Gasteiger charge is 2.09. The molecule has 0 saturated carbocycles. The minimum atomic E-state index is -0.0501. The predicted octanol–water partition coefficient (Wildman–Crippen LogP) is 0.900. The summed E-state index contributed by atoms with van der Waals surface area (Å²) in [4.78, 5) is 11.7. The third kappa shape index (κ3) is 6.91. The molecule has 0 saturated heterocycles. The second-order valence-corrected chi connectivity index (χ2v) is 4.89. The highest BCUT2D eigenvalue weighted by molar-refractivity contribution is 5.77. The van der Waals surface area contributed by atoms with Gasteiger partial charge in [0.25, 0.3) is 0 Å². The normalized spacial score (nSPS) is 11.0. The van der Waals surface area contributed by atoms with E-state index >= 15 is 0 Å². The molecule has 3 N–H and O–H groups in total. The number of carbonyl (C=O) groups excluding carboxylic acids is 1. The Bertz CT molecular complexity index is 367. The summed E-state index contributed by atoms with van der Waals surface area (Å²) in [6.07, 6.45) is 0. The second-order valence-electron chi connectivity index (χ2n) is 4.89. The molecule has 1 amide bonds. The van der Waals surface area contributed by atoms with E-state index in [9.17, 15) is 4.79 Å². The van der Waals surface area contributed by atoms with Gasteiger partial charge in [0, 0.05) is 13.1 Å². The van der Waals surface area contributed by atoms with Gasteiger partial charge < -0.3 is 0 Å². The maximum atomic E-state index is 11.7. The first-order valence-electron chi connectivity index (χ1n) is 6.59. The fourth-order valence-electron chi connectivity index (χ4n) is 1.58. The van der Waals surface area contributed by atoms with Crippen LogP contribution in [0.2, 0.25) is 0 Å². The average Bonchev–Trinajstić information content (AvgIpc) is 2.38. The molecule has 0 bridgehead atoms. The van der Waals surface area contributed by atoms with Crippen molar-refractivity contribution in [1.82, 2.24) is 21.3 Å². The van der Waals surface area contributed by atoms with Gasteiger partial charge in [-0.25, -0.2) is 10.4 Å². The van der Waals surface area contributed by atoms with Crippen LogP contribution in [-0.2, 0) is 11.3 Å². The van der Waals surface area contributed by atoms with E-state index in [1.165, 1.54) is 5.56 Å². The molecule has 1 rings (SSSR count). The van der Waals surface area contributed by atoms with E-state index in [4.69, 9.17) is 0 Å². The third-order valence-corrected chi connectivity index (χ3v) is 2.61. The lowest BCUT2D eigenvalue weighted by Crippen LogP contribution is -2.47. The number of benzene rings is 1. The molecule has 5 heteroatoms. The highest BCUT2D eigenvalue weighted by atomic mass is 16.2. The van der Waals surface area contributed by atoms with Crippen molar-refractivity contribution in [3.63, 3.8) is 0 Å². The summed E-state index contributed by atoms with van der Waals surface area (Å²) >= 11 is 0. The van der Waals surface area contributed by atoms with Crippen molar-refractivity contribution in [2.75, 3.05) is 20.1 Å². The molecule has 0 aromatic heterocycles. The molecule has 106 valence electrons. The van der Waals surface area contributed by atoms with E-state index in [2.05, 4.69) is 30.1 Å². The number of carbonyl (C=O) groups is 1. The summed E-state index contributed by atoms with van der Waals surface area (Å²) in [7, 11) is 1.82.